The summed E-state index contributed by atoms with van der Waals surface area (Å²) in [7, 11) is 4.00. The van der Waals surface area contributed by atoms with E-state index in [1.54, 1.807) is 91.9 Å². The number of hydrogen-bond acceptors (Lipinski definition) is 29. The smallest absolute Gasteiger partial charge is 0.469 e. The minimum absolute atomic E-state index is 0.000463. The molecule has 0 amide bonds. The summed E-state index contributed by atoms with van der Waals surface area (Å²) >= 11 is 0. The van der Waals surface area contributed by atoms with Crippen molar-refractivity contribution in [2.45, 2.75) is 186 Å². The molecule has 8 saturated heterocycles. The number of benzene rings is 5. The van der Waals surface area contributed by atoms with E-state index in [4.69, 9.17) is 81.3 Å². The van der Waals surface area contributed by atoms with Gasteiger partial charge in [-0.2, -0.15) is 0 Å². The number of Topliss-reactive ketones (excluding diaryl/α,β-unsaturated/α-hetero) is 2. The molecule has 0 radical (unpaired) electrons. The third-order valence-electron chi connectivity index (χ3n) is 20.9. The van der Waals surface area contributed by atoms with Gasteiger partial charge in [0, 0.05) is 36.2 Å². The summed E-state index contributed by atoms with van der Waals surface area (Å²) < 4.78 is 89.0. The Labute approximate surface area is 676 Å². The summed E-state index contributed by atoms with van der Waals surface area (Å²) in [6.45, 7) is 18.4. The first-order valence-electron chi connectivity index (χ1n) is 39.4. The highest BCUT2D eigenvalue weighted by atomic mass is 16.7. The second kappa shape index (κ2) is 46.5. The van der Waals surface area contributed by atoms with Gasteiger partial charge >= 0.3 is 47.9 Å². The second-order valence-corrected chi connectivity index (χ2v) is 29.3. The normalized spacial score (nSPS) is 28.9. The van der Waals surface area contributed by atoms with Crippen LogP contribution >= 0.6 is 0 Å². The van der Waals surface area contributed by atoms with E-state index < -0.39 is 36.3 Å². The molecule has 632 valence electrons. The number of fused-ring (bicyclic) bond motifs is 4. The monoisotopic (exact) mass is 1620 g/mol. The molecule has 2 N–H and O–H groups in total. The Kier molecular flexibility index (Phi) is 36.9. The van der Waals surface area contributed by atoms with Gasteiger partial charge in [0.05, 0.1) is 127 Å². The van der Waals surface area contributed by atoms with Crippen LogP contribution in [0.25, 0.3) is 0 Å². The second-order valence-electron chi connectivity index (χ2n) is 29.3. The minimum Gasteiger partial charge on any atom is -0.469 e. The van der Waals surface area contributed by atoms with Crippen molar-refractivity contribution in [3.05, 3.63) is 162 Å². The van der Waals surface area contributed by atoms with Crippen LogP contribution in [0.15, 0.2) is 140 Å². The fourth-order valence-electron chi connectivity index (χ4n) is 14.5. The van der Waals surface area contributed by atoms with Crippen LogP contribution in [0.3, 0.4) is 0 Å². The van der Waals surface area contributed by atoms with E-state index in [1.807, 2.05) is 56.3 Å². The molecule has 0 spiro atoms. The van der Waals surface area contributed by atoms with Gasteiger partial charge in [-0.15, -0.1) is 0 Å². The molecule has 0 aromatic heterocycles. The zero-order valence-electron chi connectivity index (χ0n) is 67.6. The number of methoxy groups -OCH3 is 3. The number of carbonyl (C=O) groups is 10. The Bertz CT molecular complexity index is 3900. The first-order chi connectivity index (χ1) is 55.8. The van der Waals surface area contributed by atoms with Crippen molar-refractivity contribution in [3.63, 3.8) is 0 Å². The molecule has 2 saturated carbocycles. The molecule has 16 atom stereocenters. The predicted octanol–water partition coefficient (Wildman–Crippen LogP) is 10.6. The average Bonchev–Trinajstić information content (AvgIpc) is 1.65. The average molecular weight is 1620 g/mol. The van der Waals surface area contributed by atoms with Gasteiger partial charge in [0.2, 0.25) is 0 Å². The van der Waals surface area contributed by atoms with Gasteiger partial charge in [-0.25, -0.2) is 19.2 Å². The molecule has 16 unspecified atom stereocenters. The van der Waals surface area contributed by atoms with Gasteiger partial charge < -0.3 is 90.7 Å². The van der Waals surface area contributed by atoms with E-state index in [1.165, 1.54) is 47.3 Å². The molecule has 29 heteroatoms. The summed E-state index contributed by atoms with van der Waals surface area (Å²) in [6, 6.07) is 39.5. The maximum atomic E-state index is 12.3. The van der Waals surface area contributed by atoms with E-state index >= 15 is 0 Å². The molecule has 8 heterocycles. The largest absolute Gasteiger partial charge is 0.508 e. The van der Waals surface area contributed by atoms with Crippen molar-refractivity contribution < 1.29 is 139 Å². The molecule has 15 rings (SSSR count). The Hall–Kier alpha value is -9.40. The standard InChI is InChI=1S/C16H24O6.C16H18O6.C15H18O3.C15H12O3.C9H14O5.C8H8O2.C6H10O4.C2H6/c2*1-9-7-20-14-12(8-21-13(9)14)22-16(18)11-5-3-10(4-6-11)15(17)19-2;2*1-11(16)12-7-9-13(10-8-12)15(17)18-14-5-3-2-4-6-14;1-5-3-12-8-6(4-13-7(5)8)14-9(10)11-2;1-7(9)10-8-5-3-2-4-6-8;7-3-1-9-6-4(8)2-10-5(3)6;1-2/h9-14H,3-8H2,1-2H3;3-6,9,12-14H,7-8H2,1-2H3;2-6,12-13H,7-10H2,1H3;2-10H,1H3;5-8H,3-4H2,1-2H3;2-6H,1H3;3-8H,1-2H2;1-2H3. The fourth-order valence-corrected chi connectivity index (χ4v) is 14.5. The van der Waals surface area contributed by atoms with Gasteiger partial charge in [0.25, 0.3) is 0 Å². The Balaban J connectivity index is 0.000000171. The van der Waals surface area contributed by atoms with E-state index in [0.29, 0.717) is 123 Å². The summed E-state index contributed by atoms with van der Waals surface area (Å²) in [4.78, 5) is 115. The first-order valence-corrected chi connectivity index (χ1v) is 39.4. The molecule has 10 fully saturated rings. The SMILES string of the molecule is CC.CC(=O)C1CCC(C(=O)Oc2ccccc2)CC1.CC(=O)Oc1ccccc1.CC(=O)c1ccc(C(=O)Oc2ccccc2)cc1.COC(=O)C1CCC(C(=O)OC2COC3C(C)COC23)CC1.COC(=O)OC1COC2C(C)COC12.COC(=O)c1ccc(C(=O)OC2COC3C(C)COC23)cc1.OC1COC2C(O)COC12. The highest BCUT2D eigenvalue weighted by Gasteiger charge is 2.51. The molecular weight excluding hydrogens is 1510 g/mol. The zero-order chi connectivity index (χ0) is 84.0. The van der Waals surface area contributed by atoms with Crippen molar-refractivity contribution >= 4 is 59.5 Å². The molecule has 8 aliphatic heterocycles. The van der Waals surface area contributed by atoms with Crippen molar-refractivity contribution in [2.75, 3.05) is 74.2 Å². The summed E-state index contributed by atoms with van der Waals surface area (Å²) in [5.74, 6) is 0.682. The number of rotatable bonds is 14. The van der Waals surface area contributed by atoms with Gasteiger partial charge in [0.15, 0.2) is 24.1 Å². The lowest BCUT2D eigenvalue weighted by atomic mass is 9.80. The number of aliphatic hydroxyl groups excluding tert-OH is 2. The lowest BCUT2D eigenvalue weighted by molar-refractivity contribution is -0.161. The van der Waals surface area contributed by atoms with Crippen LogP contribution in [0.4, 0.5) is 4.79 Å². The van der Waals surface area contributed by atoms with Crippen LogP contribution in [0.5, 0.6) is 17.2 Å². The number of ether oxygens (including phenoxy) is 17. The van der Waals surface area contributed by atoms with Crippen molar-refractivity contribution in [3.8, 4) is 17.2 Å². The van der Waals surface area contributed by atoms with Gasteiger partial charge in [-0.1, -0.05) is 101 Å². The van der Waals surface area contributed by atoms with Crippen molar-refractivity contribution in [2.24, 2.45) is 41.4 Å². The number of esters is 7. The molecular formula is C87H110O29. The number of para-hydroxylation sites is 3. The zero-order valence-corrected chi connectivity index (χ0v) is 67.6. The first kappa shape index (κ1) is 92.1. The molecule has 116 heavy (non-hydrogen) atoms. The van der Waals surface area contributed by atoms with Crippen LogP contribution in [-0.2, 0) is 90.3 Å². The molecule has 29 nitrogen and oxygen atoms in total. The molecule has 10 aliphatic rings. The summed E-state index contributed by atoms with van der Waals surface area (Å²) in [5, 5.41) is 18.3. The van der Waals surface area contributed by atoms with Gasteiger partial charge in [-0.3, -0.25) is 28.8 Å². The summed E-state index contributed by atoms with van der Waals surface area (Å²) in [5.41, 5.74) is 1.76. The van der Waals surface area contributed by atoms with Crippen molar-refractivity contribution in [1.29, 1.82) is 0 Å². The highest BCUT2D eigenvalue weighted by Crippen LogP contribution is 2.38. The van der Waals surface area contributed by atoms with Crippen molar-refractivity contribution in [1.82, 2.24) is 0 Å². The van der Waals surface area contributed by atoms with Gasteiger partial charge in [-0.05, 0) is 138 Å². The highest BCUT2D eigenvalue weighted by molar-refractivity contribution is 5.96. The Morgan fingerprint density at radius 2 is 0.655 bits per heavy atom. The topological polar surface area (TPSA) is 368 Å². The number of hydrogen-bond donors (Lipinski definition) is 2. The molecule has 0 bridgehead atoms. The summed E-state index contributed by atoms with van der Waals surface area (Å²) in [6.07, 6.45) is 2.17. The lowest BCUT2D eigenvalue weighted by Gasteiger charge is -2.27. The maximum absolute atomic E-state index is 12.3. The lowest BCUT2D eigenvalue weighted by Crippen LogP contribution is -2.36. The minimum atomic E-state index is -0.678. The molecule has 2 aliphatic carbocycles. The van der Waals surface area contributed by atoms with Crippen LogP contribution in [0.1, 0.15) is 148 Å². The van der Waals surface area contributed by atoms with E-state index in [0.717, 1.165) is 25.7 Å². The number of carbonyl (C=O) groups excluding carboxylic acids is 10. The number of ketones is 2. The third kappa shape index (κ3) is 26.8. The van der Waals surface area contributed by atoms with Crippen LogP contribution < -0.4 is 14.2 Å². The van der Waals surface area contributed by atoms with Crippen LogP contribution in [0, 0.1) is 41.4 Å². The number of aliphatic hydroxyl groups is 2. The molecule has 5 aromatic carbocycles. The Morgan fingerprint density at radius 3 is 1.04 bits per heavy atom. The van der Waals surface area contributed by atoms with Gasteiger partial charge in [0.1, 0.15) is 65.8 Å². The quantitative estimate of drug-likeness (QED) is 0.0451. The van der Waals surface area contributed by atoms with E-state index in [2.05, 4.69) is 30.2 Å². The van der Waals surface area contributed by atoms with Crippen LogP contribution in [0.2, 0.25) is 0 Å². The van der Waals surface area contributed by atoms with Crippen LogP contribution in [-0.4, -0.2) is 223 Å². The Morgan fingerprint density at radius 1 is 0.319 bits per heavy atom. The predicted molar refractivity (Wildman–Crippen MR) is 414 cm³/mol. The maximum Gasteiger partial charge on any atom is 0.508 e. The van der Waals surface area contributed by atoms with E-state index in [-0.39, 0.29) is 139 Å². The molecule has 5 aromatic rings. The third-order valence-corrected chi connectivity index (χ3v) is 20.9. The fraction of sp³-hybridized carbons (Fsp3) is 0.540. The van der Waals surface area contributed by atoms with E-state index in [9.17, 15) is 47.9 Å².